The summed E-state index contributed by atoms with van der Waals surface area (Å²) in [5, 5.41) is 9.94. The molecule has 0 radical (unpaired) electrons. The van der Waals surface area contributed by atoms with E-state index in [1.807, 2.05) is 6.92 Å². The summed E-state index contributed by atoms with van der Waals surface area (Å²) in [5.74, 6) is -1.98. The zero-order chi connectivity index (χ0) is 33.0. The SMILES string of the molecule is Cc1ccc(F)cc1[C@@H]1NC(=O)C[C@H](c2cc(Cl)ccc2OC(C)(C)C(=O)NC2CCN(C)CC2)[C@@]12C(=O)Nc1cc(Cl)ccc12. The van der Waals surface area contributed by atoms with Crippen molar-refractivity contribution < 1.29 is 23.5 Å². The summed E-state index contributed by atoms with van der Waals surface area (Å²) < 4.78 is 21.3. The third-order valence-corrected chi connectivity index (χ3v) is 10.1. The normalized spacial score (nSPS) is 23.5. The van der Waals surface area contributed by atoms with E-state index in [2.05, 4.69) is 27.9 Å². The van der Waals surface area contributed by atoms with Crippen LogP contribution in [0.4, 0.5) is 10.1 Å². The van der Waals surface area contributed by atoms with Crippen molar-refractivity contribution in [3.8, 4) is 5.75 Å². The molecule has 46 heavy (non-hydrogen) atoms. The van der Waals surface area contributed by atoms with Gasteiger partial charge in [-0.3, -0.25) is 14.4 Å². The lowest BCUT2D eigenvalue weighted by atomic mass is 9.59. The van der Waals surface area contributed by atoms with Crippen molar-refractivity contribution in [2.75, 3.05) is 25.5 Å². The molecule has 0 unspecified atom stereocenters. The van der Waals surface area contributed by atoms with Gasteiger partial charge in [-0.15, -0.1) is 0 Å². The van der Waals surface area contributed by atoms with Gasteiger partial charge in [-0.1, -0.05) is 35.3 Å². The van der Waals surface area contributed by atoms with E-state index in [1.54, 1.807) is 56.3 Å². The summed E-state index contributed by atoms with van der Waals surface area (Å²) in [4.78, 5) is 43.9. The van der Waals surface area contributed by atoms with Gasteiger partial charge in [0.25, 0.3) is 5.91 Å². The number of anilines is 1. The first kappa shape index (κ1) is 32.3. The molecule has 8 nitrogen and oxygen atoms in total. The number of nitrogens with one attached hydrogen (secondary N) is 3. The molecule has 2 fully saturated rings. The molecule has 6 rings (SSSR count). The Bertz CT molecular complexity index is 1720. The van der Waals surface area contributed by atoms with E-state index in [4.69, 9.17) is 27.9 Å². The number of amides is 3. The minimum atomic E-state index is -1.45. The van der Waals surface area contributed by atoms with Crippen LogP contribution in [-0.4, -0.2) is 54.4 Å². The molecule has 1 spiro atoms. The average molecular weight is 668 g/mol. The van der Waals surface area contributed by atoms with Gasteiger partial charge in [0.1, 0.15) is 17.0 Å². The van der Waals surface area contributed by atoms with Crippen LogP contribution in [0.5, 0.6) is 5.75 Å². The number of aryl methyl sites for hydroxylation is 1. The molecule has 2 saturated heterocycles. The van der Waals surface area contributed by atoms with Crippen molar-refractivity contribution in [1.82, 2.24) is 15.5 Å². The maximum absolute atomic E-state index is 14.8. The van der Waals surface area contributed by atoms with E-state index in [-0.39, 0.29) is 30.2 Å². The Hall–Kier alpha value is -3.66. The molecule has 0 aliphatic carbocycles. The Balaban J connectivity index is 1.48. The maximum atomic E-state index is 14.8. The van der Waals surface area contributed by atoms with Gasteiger partial charge in [0.05, 0.1) is 6.04 Å². The summed E-state index contributed by atoms with van der Waals surface area (Å²) in [5.41, 5.74) is 0.00745. The smallest absolute Gasteiger partial charge is 0.263 e. The number of ether oxygens (including phenoxy) is 1. The number of likely N-dealkylation sites (tertiary alicyclic amines) is 1. The van der Waals surface area contributed by atoms with Crippen molar-refractivity contribution in [3.63, 3.8) is 0 Å². The fourth-order valence-corrected chi connectivity index (χ4v) is 7.51. The topological polar surface area (TPSA) is 99.8 Å². The zero-order valence-corrected chi connectivity index (χ0v) is 27.7. The van der Waals surface area contributed by atoms with Gasteiger partial charge < -0.3 is 25.6 Å². The second-order valence-electron chi connectivity index (χ2n) is 13.1. The Kier molecular flexibility index (Phi) is 8.54. The van der Waals surface area contributed by atoms with Gasteiger partial charge in [0.2, 0.25) is 11.8 Å². The number of carbonyl (C=O) groups excluding carboxylic acids is 3. The fourth-order valence-electron chi connectivity index (χ4n) is 7.16. The molecule has 0 bridgehead atoms. The number of piperidine rings is 2. The Morgan fingerprint density at radius 2 is 1.72 bits per heavy atom. The maximum Gasteiger partial charge on any atom is 0.263 e. The molecule has 242 valence electrons. The lowest BCUT2D eigenvalue weighted by molar-refractivity contribution is -0.136. The molecule has 3 aromatic carbocycles. The Labute approximate surface area is 278 Å². The highest BCUT2D eigenvalue weighted by atomic mass is 35.5. The van der Waals surface area contributed by atoms with E-state index in [1.165, 1.54) is 12.1 Å². The molecule has 3 N–H and O–H groups in total. The van der Waals surface area contributed by atoms with E-state index in [0.29, 0.717) is 43.7 Å². The Morgan fingerprint density at radius 1 is 1.02 bits per heavy atom. The molecule has 3 atom stereocenters. The Morgan fingerprint density at radius 3 is 2.46 bits per heavy atom. The molecule has 11 heteroatoms. The minimum absolute atomic E-state index is 0.0300. The summed E-state index contributed by atoms with van der Waals surface area (Å²) in [6.45, 7) is 6.97. The first-order valence-electron chi connectivity index (χ1n) is 15.4. The van der Waals surface area contributed by atoms with Crippen LogP contribution in [0, 0.1) is 12.7 Å². The van der Waals surface area contributed by atoms with Gasteiger partial charge in [0.15, 0.2) is 5.60 Å². The van der Waals surface area contributed by atoms with Crippen LogP contribution in [0.1, 0.15) is 67.3 Å². The summed E-state index contributed by atoms with van der Waals surface area (Å²) in [6, 6.07) is 13.5. The number of benzene rings is 3. The van der Waals surface area contributed by atoms with E-state index in [0.717, 1.165) is 25.9 Å². The van der Waals surface area contributed by atoms with Gasteiger partial charge in [-0.05, 0) is 113 Å². The zero-order valence-electron chi connectivity index (χ0n) is 26.2. The third-order valence-electron chi connectivity index (χ3n) is 9.62. The minimum Gasteiger partial charge on any atom is -0.478 e. The predicted octanol–water partition coefficient (Wildman–Crippen LogP) is 6.04. The van der Waals surface area contributed by atoms with E-state index < -0.39 is 28.8 Å². The lowest BCUT2D eigenvalue weighted by Crippen LogP contribution is -2.57. The molecule has 3 amide bonds. The number of hydrogen-bond acceptors (Lipinski definition) is 5. The van der Waals surface area contributed by atoms with Crippen molar-refractivity contribution in [3.05, 3.63) is 92.7 Å². The first-order valence-corrected chi connectivity index (χ1v) is 16.2. The van der Waals surface area contributed by atoms with Crippen molar-refractivity contribution in [2.45, 2.75) is 69.1 Å². The number of hydrogen-bond donors (Lipinski definition) is 3. The number of carbonyl (C=O) groups is 3. The van der Waals surface area contributed by atoms with E-state index in [9.17, 15) is 18.8 Å². The molecule has 0 aromatic heterocycles. The predicted molar refractivity (Wildman–Crippen MR) is 176 cm³/mol. The summed E-state index contributed by atoms with van der Waals surface area (Å²) >= 11 is 12.9. The van der Waals surface area contributed by atoms with Crippen LogP contribution >= 0.6 is 23.2 Å². The molecular weight excluding hydrogens is 630 g/mol. The lowest BCUT2D eigenvalue weighted by Gasteiger charge is -2.47. The highest BCUT2D eigenvalue weighted by Gasteiger charge is 2.62. The van der Waals surface area contributed by atoms with Gasteiger partial charge in [-0.25, -0.2) is 4.39 Å². The van der Waals surface area contributed by atoms with Crippen LogP contribution < -0.4 is 20.7 Å². The second kappa shape index (κ2) is 12.2. The van der Waals surface area contributed by atoms with Crippen LogP contribution in [-0.2, 0) is 19.8 Å². The summed E-state index contributed by atoms with van der Waals surface area (Å²) in [6.07, 6.45) is 1.58. The number of fused-ring (bicyclic) bond motifs is 2. The molecule has 3 heterocycles. The standard InChI is InChI=1S/C35H37Cl2FN4O4/c1-19-5-8-22(38)17-24(19)31-35(26-9-6-21(37)16-28(26)40-33(35)45)27(18-30(43)41-31)25-15-20(36)7-10-29(25)46-34(2,3)32(44)39-23-11-13-42(4)14-12-23/h5-10,15-17,23,27,31H,11-14,18H2,1-4H3,(H,39,44)(H,40,45)(H,41,43)/t27-,31+,35-/m1/s1. The summed E-state index contributed by atoms with van der Waals surface area (Å²) in [7, 11) is 2.06. The van der Waals surface area contributed by atoms with Crippen molar-refractivity contribution in [2.24, 2.45) is 0 Å². The van der Waals surface area contributed by atoms with Gasteiger partial charge >= 0.3 is 0 Å². The highest BCUT2D eigenvalue weighted by Crippen LogP contribution is 2.59. The largest absolute Gasteiger partial charge is 0.478 e. The van der Waals surface area contributed by atoms with Crippen LogP contribution in [0.25, 0.3) is 0 Å². The molecule has 3 aliphatic rings. The molecule has 3 aliphatic heterocycles. The van der Waals surface area contributed by atoms with Crippen LogP contribution in [0.3, 0.4) is 0 Å². The van der Waals surface area contributed by atoms with Crippen molar-refractivity contribution in [1.29, 1.82) is 0 Å². The number of rotatable bonds is 6. The highest BCUT2D eigenvalue weighted by molar-refractivity contribution is 6.31. The molecule has 3 aromatic rings. The quantitative estimate of drug-likeness (QED) is 0.298. The first-order chi connectivity index (χ1) is 21.8. The fraction of sp³-hybridized carbons (Fsp3) is 0.400. The van der Waals surface area contributed by atoms with Gasteiger partial charge in [-0.2, -0.15) is 0 Å². The van der Waals surface area contributed by atoms with Crippen molar-refractivity contribution >= 4 is 46.6 Å². The van der Waals surface area contributed by atoms with Gasteiger partial charge in [0, 0.05) is 39.7 Å². The monoisotopic (exact) mass is 666 g/mol. The van der Waals surface area contributed by atoms with Crippen LogP contribution in [0.2, 0.25) is 10.0 Å². The molecular formula is C35H37Cl2FN4O4. The average Bonchev–Trinajstić information content (AvgIpc) is 3.28. The second-order valence-corrected chi connectivity index (χ2v) is 14.0. The van der Waals surface area contributed by atoms with Crippen LogP contribution in [0.15, 0.2) is 54.6 Å². The van der Waals surface area contributed by atoms with E-state index >= 15 is 0 Å². The molecule has 0 saturated carbocycles. The number of halogens is 3. The third kappa shape index (κ3) is 5.73. The number of nitrogens with zero attached hydrogens (tertiary/aromatic N) is 1.